The first-order valence-electron chi connectivity index (χ1n) is 6.21. The molecule has 0 bridgehead atoms. The second-order valence-electron chi connectivity index (χ2n) is 4.17. The Kier molecular flexibility index (Phi) is 5.19. The van der Waals surface area contributed by atoms with Gasteiger partial charge in [-0.2, -0.15) is 4.72 Å². The summed E-state index contributed by atoms with van der Waals surface area (Å²) in [4.78, 5) is 23.0. The molecule has 2 aromatic rings. The Morgan fingerprint density at radius 1 is 1.30 bits per heavy atom. The maximum Gasteiger partial charge on any atom is 0.349 e. The zero-order valence-electron chi connectivity index (χ0n) is 12.2. The number of esters is 2. The highest BCUT2D eigenvalue weighted by Gasteiger charge is 2.28. The third-order valence-corrected chi connectivity index (χ3v) is 5.44. The average molecular weight is 359 g/mol. The predicted molar refractivity (Wildman–Crippen MR) is 80.6 cm³/mol. The normalized spacial score (nSPS) is 11.2. The summed E-state index contributed by atoms with van der Waals surface area (Å²) in [6, 6.07) is 4.55. The van der Waals surface area contributed by atoms with Crippen molar-refractivity contribution >= 4 is 33.3 Å². The zero-order valence-corrected chi connectivity index (χ0v) is 13.8. The number of thiophene rings is 1. The van der Waals surface area contributed by atoms with Gasteiger partial charge in [0.05, 0.1) is 25.4 Å². The molecule has 1 N–H and O–H groups in total. The molecule has 2 aromatic heterocycles. The Hall–Kier alpha value is -2.17. The van der Waals surface area contributed by atoms with E-state index in [1.165, 1.54) is 12.3 Å². The molecule has 0 fully saturated rings. The Labute approximate surface area is 136 Å². The summed E-state index contributed by atoms with van der Waals surface area (Å²) in [6.45, 7) is -0.550. The maximum atomic E-state index is 12.3. The van der Waals surface area contributed by atoms with Gasteiger partial charge >= 0.3 is 11.9 Å². The van der Waals surface area contributed by atoms with E-state index in [0.717, 1.165) is 25.6 Å². The first-order chi connectivity index (χ1) is 10.9. The number of rotatable bonds is 6. The van der Waals surface area contributed by atoms with Gasteiger partial charge in [0.2, 0.25) is 10.0 Å². The second kappa shape index (κ2) is 6.94. The van der Waals surface area contributed by atoms with Crippen LogP contribution in [0.3, 0.4) is 0 Å². The quantitative estimate of drug-likeness (QED) is 0.772. The number of carbonyl (C=O) groups is 2. The Morgan fingerprint density at radius 2 is 2.04 bits per heavy atom. The van der Waals surface area contributed by atoms with E-state index in [1.54, 1.807) is 12.1 Å². The minimum Gasteiger partial charge on any atom is -0.468 e. The van der Waals surface area contributed by atoms with Crippen molar-refractivity contribution in [1.29, 1.82) is 0 Å². The van der Waals surface area contributed by atoms with Crippen molar-refractivity contribution < 1.29 is 31.9 Å². The topological polar surface area (TPSA) is 112 Å². The van der Waals surface area contributed by atoms with Gasteiger partial charge in [-0.1, -0.05) is 0 Å². The van der Waals surface area contributed by atoms with Gasteiger partial charge in [0.25, 0.3) is 0 Å². The van der Waals surface area contributed by atoms with Gasteiger partial charge in [0, 0.05) is 0 Å². The number of nitrogens with one attached hydrogen (secondary N) is 1. The SMILES string of the molecule is COC(=O)CNS(=O)(=O)c1cc(-c2ccco2)sc1C(=O)OC. The molecule has 0 aliphatic rings. The summed E-state index contributed by atoms with van der Waals surface area (Å²) in [6.07, 6.45) is 1.43. The van der Waals surface area contributed by atoms with E-state index in [0.29, 0.717) is 10.6 Å². The molecule has 0 radical (unpaired) electrons. The van der Waals surface area contributed by atoms with Crippen LogP contribution in [-0.2, 0) is 24.3 Å². The standard InChI is InChI=1S/C13H13NO7S2/c1-19-11(15)7-14-23(17,18)10-6-9(8-4-3-5-21-8)22-12(10)13(16)20-2/h3-6,14H,7H2,1-2H3. The highest BCUT2D eigenvalue weighted by atomic mass is 32.2. The van der Waals surface area contributed by atoms with Crippen LogP contribution in [0.2, 0.25) is 0 Å². The summed E-state index contributed by atoms with van der Waals surface area (Å²) in [5, 5.41) is 0. The molecule has 0 spiro atoms. The van der Waals surface area contributed by atoms with Crippen molar-refractivity contribution in [2.75, 3.05) is 20.8 Å². The van der Waals surface area contributed by atoms with Crippen LogP contribution >= 0.6 is 11.3 Å². The molecule has 0 saturated heterocycles. The molecular formula is C13H13NO7S2. The number of furan rings is 1. The van der Waals surface area contributed by atoms with E-state index in [1.807, 2.05) is 0 Å². The van der Waals surface area contributed by atoms with E-state index in [-0.39, 0.29) is 9.77 Å². The van der Waals surface area contributed by atoms with Gasteiger partial charge in [-0.15, -0.1) is 11.3 Å². The number of sulfonamides is 1. The molecule has 0 unspecified atom stereocenters. The molecule has 23 heavy (non-hydrogen) atoms. The summed E-state index contributed by atoms with van der Waals surface area (Å²) in [5.41, 5.74) is 0. The van der Waals surface area contributed by atoms with Gasteiger partial charge in [-0.25, -0.2) is 13.2 Å². The van der Waals surface area contributed by atoms with Crippen LogP contribution in [0.1, 0.15) is 9.67 Å². The van der Waals surface area contributed by atoms with Crippen LogP contribution in [0.15, 0.2) is 33.8 Å². The van der Waals surface area contributed by atoms with E-state index >= 15 is 0 Å². The van der Waals surface area contributed by atoms with Gasteiger partial charge in [0.15, 0.2) is 0 Å². The number of hydrogen-bond acceptors (Lipinski definition) is 8. The van der Waals surface area contributed by atoms with E-state index in [9.17, 15) is 18.0 Å². The molecule has 8 nitrogen and oxygen atoms in total. The lowest BCUT2D eigenvalue weighted by Gasteiger charge is -2.05. The number of hydrogen-bond donors (Lipinski definition) is 1. The van der Waals surface area contributed by atoms with Crippen LogP contribution in [0, 0.1) is 0 Å². The van der Waals surface area contributed by atoms with Crippen LogP contribution in [0.4, 0.5) is 0 Å². The minimum atomic E-state index is -4.10. The van der Waals surface area contributed by atoms with Crippen LogP contribution in [-0.4, -0.2) is 41.1 Å². The fourth-order valence-electron chi connectivity index (χ4n) is 1.65. The first-order valence-corrected chi connectivity index (χ1v) is 8.51. The summed E-state index contributed by atoms with van der Waals surface area (Å²) in [7, 11) is -1.82. The fourth-order valence-corrected chi connectivity index (χ4v) is 4.19. The van der Waals surface area contributed by atoms with E-state index in [4.69, 9.17) is 4.42 Å². The molecule has 0 aliphatic heterocycles. The molecule has 2 rings (SSSR count). The molecular weight excluding hydrogens is 346 g/mol. The van der Waals surface area contributed by atoms with Gasteiger partial charge in [-0.05, 0) is 18.2 Å². The first kappa shape index (κ1) is 17.2. The van der Waals surface area contributed by atoms with Crippen molar-refractivity contribution in [2.45, 2.75) is 4.90 Å². The van der Waals surface area contributed by atoms with Crippen molar-refractivity contribution in [2.24, 2.45) is 0 Å². The maximum absolute atomic E-state index is 12.3. The number of carbonyl (C=O) groups excluding carboxylic acids is 2. The fraction of sp³-hybridized carbons (Fsp3) is 0.231. The van der Waals surface area contributed by atoms with E-state index < -0.39 is 28.5 Å². The molecule has 0 aromatic carbocycles. The molecule has 2 heterocycles. The van der Waals surface area contributed by atoms with Gasteiger partial charge in [0.1, 0.15) is 22.1 Å². The molecule has 0 amide bonds. The Bertz CT molecular complexity index is 806. The van der Waals surface area contributed by atoms with Crippen molar-refractivity contribution in [3.63, 3.8) is 0 Å². The number of ether oxygens (including phenoxy) is 2. The Balaban J connectivity index is 2.43. The smallest absolute Gasteiger partial charge is 0.349 e. The number of methoxy groups -OCH3 is 2. The molecule has 0 atom stereocenters. The zero-order chi connectivity index (χ0) is 17.0. The van der Waals surface area contributed by atoms with Crippen molar-refractivity contribution in [3.05, 3.63) is 29.3 Å². The van der Waals surface area contributed by atoms with E-state index in [2.05, 4.69) is 14.2 Å². The van der Waals surface area contributed by atoms with Crippen molar-refractivity contribution in [3.8, 4) is 10.6 Å². The Morgan fingerprint density at radius 3 is 2.61 bits per heavy atom. The van der Waals surface area contributed by atoms with Crippen LogP contribution in [0.25, 0.3) is 10.6 Å². The summed E-state index contributed by atoms with van der Waals surface area (Å²) < 4.78 is 40.9. The third-order valence-electron chi connectivity index (χ3n) is 2.76. The van der Waals surface area contributed by atoms with Gasteiger partial charge < -0.3 is 13.9 Å². The average Bonchev–Trinajstić information content (AvgIpc) is 3.20. The summed E-state index contributed by atoms with van der Waals surface area (Å²) in [5.74, 6) is -1.14. The lowest BCUT2D eigenvalue weighted by Crippen LogP contribution is -2.30. The lowest BCUT2D eigenvalue weighted by molar-refractivity contribution is -0.139. The van der Waals surface area contributed by atoms with Crippen LogP contribution < -0.4 is 4.72 Å². The van der Waals surface area contributed by atoms with Crippen molar-refractivity contribution in [1.82, 2.24) is 4.72 Å². The summed E-state index contributed by atoms with van der Waals surface area (Å²) >= 11 is 0.913. The molecule has 0 saturated carbocycles. The second-order valence-corrected chi connectivity index (χ2v) is 6.96. The predicted octanol–water partition coefficient (Wildman–Crippen LogP) is 1.25. The minimum absolute atomic E-state index is 0.115. The van der Waals surface area contributed by atoms with Crippen LogP contribution in [0.5, 0.6) is 0 Å². The monoisotopic (exact) mass is 359 g/mol. The molecule has 0 aliphatic carbocycles. The largest absolute Gasteiger partial charge is 0.468 e. The molecule has 10 heteroatoms. The highest BCUT2D eigenvalue weighted by Crippen LogP contribution is 2.34. The highest BCUT2D eigenvalue weighted by molar-refractivity contribution is 7.89. The third kappa shape index (κ3) is 3.78. The molecule has 124 valence electrons. The van der Waals surface area contributed by atoms with Gasteiger partial charge in [-0.3, -0.25) is 4.79 Å². The lowest BCUT2D eigenvalue weighted by atomic mass is 10.3.